The van der Waals surface area contributed by atoms with Crippen LogP contribution in [0.1, 0.15) is 31.9 Å². The fourth-order valence-electron chi connectivity index (χ4n) is 1.43. The second-order valence-electron chi connectivity index (χ2n) is 3.98. The minimum Gasteiger partial charge on any atom is -0.396 e. The fourth-order valence-corrected chi connectivity index (χ4v) is 1.43. The number of hydrogen-bond acceptors (Lipinski definition) is 2. The highest BCUT2D eigenvalue weighted by Gasteiger charge is 2.31. The van der Waals surface area contributed by atoms with Crippen molar-refractivity contribution in [3.05, 3.63) is 35.9 Å². The van der Waals surface area contributed by atoms with Crippen LogP contribution in [0.2, 0.25) is 0 Å². The topological polar surface area (TPSA) is 40.5 Å². The highest BCUT2D eigenvalue weighted by Crippen LogP contribution is 2.35. The Morgan fingerprint density at radius 1 is 1.29 bits per heavy atom. The lowest BCUT2D eigenvalue weighted by Crippen LogP contribution is -2.28. The molecule has 0 radical (unpaired) electrons. The third-order valence-electron chi connectivity index (χ3n) is 2.94. The first-order chi connectivity index (χ1) is 6.64. The van der Waals surface area contributed by atoms with Gasteiger partial charge in [0.1, 0.15) is 0 Å². The molecule has 0 fully saturated rings. The summed E-state index contributed by atoms with van der Waals surface area (Å²) in [6.07, 6.45) is 0.151. The smallest absolute Gasteiger partial charge is 0.0865 e. The summed E-state index contributed by atoms with van der Waals surface area (Å²) in [5.74, 6) is 0. The van der Waals surface area contributed by atoms with E-state index in [4.69, 9.17) is 0 Å². The molecule has 0 bridgehead atoms. The predicted molar refractivity (Wildman–Crippen MR) is 56.9 cm³/mol. The number of rotatable bonds is 4. The second-order valence-corrected chi connectivity index (χ2v) is 3.98. The van der Waals surface area contributed by atoms with Crippen LogP contribution in [0.15, 0.2) is 30.3 Å². The molecule has 2 nitrogen and oxygen atoms in total. The van der Waals surface area contributed by atoms with Gasteiger partial charge in [-0.1, -0.05) is 44.2 Å². The van der Waals surface area contributed by atoms with E-state index in [1.807, 2.05) is 44.2 Å². The van der Waals surface area contributed by atoms with Crippen LogP contribution >= 0.6 is 0 Å². The Bertz CT molecular complexity index is 265. The number of hydrogen-bond donors (Lipinski definition) is 2. The lowest BCUT2D eigenvalue weighted by Gasteiger charge is -2.31. The van der Waals surface area contributed by atoms with Gasteiger partial charge < -0.3 is 10.2 Å². The van der Waals surface area contributed by atoms with Crippen molar-refractivity contribution in [1.29, 1.82) is 0 Å². The van der Waals surface area contributed by atoms with Gasteiger partial charge in [0.15, 0.2) is 0 Å². The molecule has 0 aliphatic rings. The van der Waals surface area contributed by atoms with Gasteiger partial charge in [-0.25, -0.2) is 0 Å². The highest BCUT2D eigenvalue weighted by atomic mass is 16.3. The fraction of sp³-hybridized carbons (Fsp3) is 0.500. The van der Waals surface area contributed by atoms with E-state index in [1.54, 1.807) is 0 Å². The molecule has 2 N–H and O–H groups in total. The molecular weight excluding hydrogens is 176 g/mol. The van der Waals surface area contributed by atoms with Crippen LogP contribution in [0.5, 0.6) is 0 Å². The van der Waals surface area contributed by atoms with Crippen LogP contribution in [0, 0.1) is 5.41 Å². The Hall–Kier alpha value is -0.860. The van der Waals surface area contributed by atoms with Crippen LogP contribution in [0.25, 0.3) is 0 Å². The molecule has 14 heavy (non-hydrogen) atoms. The maximum absolute atomic E-state index is 10.1. The molecular formula is C12H18O2. The molecule has 0 spiro atoms. The van der Waals surface area contributed by atoms with Gasteiger partial charge in [-0.15, -0.1) is 0 Å². The Morgan fingerprint density at radius 2 is 1.86 bits per heavy atom. The van der Waals surface area contributed by atoms with Crippen molar-refractivity contribution in [2.24, 2.45) is 5.41 Å². The minimum atomic E-state index is -0.598. The molecule has 0 aliphatic heterocycles. The summed E-state index contributed by atoms with van der Waals surface area (Å²) in [6.45, 7) is 3.87. The quantitative estimate of drug-likeness (QED) is 0.770. The first kappa shape index (κ1) is 11.2. The van der Waals surface area contributed by atoms with E-state index in [9.17, 15) is 10.2 Å². The monoisotopic (exact) mass is 194 g/mol. The molecule has 2 atom stereocenters. The molecule has 0 saturated heterocycles. The summed E-state index contributed by atoms with van der Waals surface area (Å²) in [5.41, 5.74) is 0.423. The molecule has 2 unspecified atom stereocenters. The van der Waals surface area contributed by atoms with E-state index < -0.39 is 11.5 Å². The van der Waals surface area contributed by atoms with Crippen molar-refractivity contribution in [3.8, 4) is 0 Å². The van der Waals surface area contributed by atoms with Crippen molar-refractivity contribution in [1.82, 2.24) is 0 Å². The first-order valence-corrected chi connectivity index (χ1v) is 4.98. The van der Waals surface area contributed by atoms with Crippen molar-refractivity contribution in [2.75, 3.05) is 6.61 Å². The normalized spacial score (nSPS) is 17.4. The molecule has 1 aromatic carbocycles. The van der Waals surface area contributed by atoms with Gasteiger partial charge in [-0.05, 0) is 12.0 Å². The molecule has 0 saturated carbocycles. The van der Waals surface area contributed by atoms with Gasteiger partial charge in [0, 0.05) is 5.41 Å². The van der Waals surface area contributed by atoms with Gasteiger partial charge in [-0.3, -0.25) is 0 Å². The number of aliphatic hydroxyl groups excluding tert-OH is 2. The Kier molecular flexibility index (Phi) is 3.67. The standard InChI is InChI=1S/C12H18O2/c1-3-12(2,9-13)11(14)10-7-5-4-6-8-10/h4-8,11,13-14H,3,9H2,1-2H3. The summed E-state index contributed by atoms with van der Waals surface area (Å²) >= 11 is 0. The van der Waals surface area contributed by atoms with Crippen molar-refractivity contribution >= 4 is 0 Å². The molecule has 1 aromatic rings. The van der Waals surface area contributed by atoms with Crippen molar-refractivity contribution in [3.63, 3.8) is 0 Å². The van der Waals surface area contributed by atoms with Gasteiger partial charge in [0.05, 0.1) is 12.7 Å². The zero-order valence-electron chi connectivity index (χ0n) is 8.77. The Morgan fingerprint density at radius 3 is 2.29 bits per heavy atom. The molecule has 0 heterocycles. The molecule has 0 aliphatic carbocycles. The maximum Gasteiger partial charge on any atom is 0.0865 e. The third kappa shape index (κ3) is 2.14. The lowest BCUT2D eigenvalue weighted by molar-refractivity contribution is -0.00946. The summed E-state index contributed by atoms with van der Waals surface area (Å²) in [5, 5.41) is 19.3. The first-order valence-electron chi connectivity index (χ1n) is 4.98. The summed E-state index contributed by atoms with van der Waals surface area (Å²) in [7, 11) is 0. The van der Waals surface area contributed by atoms with Gasteiger partial charge >= 0.3 is 0 Å². The maximum atomic E-state index is 10.1. The number of aliphatic hydroxyl groups is 2. The van der Waals surface area contributed by atoms with E-state index in [2.05, 4.69) is 0 Å². The van der Waals surface area contributed by atoms with Crippen LogP contribution < -0.4 is 0 Å². The van der Waals surface area contributed by atoms with Crippen molar-refractivity contribution in [2.45, 2.75) is 26.4 Å². The van der Waals surface area contributed by atoms with E-state index in [0.29, 0.717) is 0 Å². The van der Waals surface area contributed by atoms with Crippen LogP contribution in [-0.4, -0.2) is 16.8 Å². The number of benzene rings is 1. The SMILES string of the molecule is CCC(C)(CO)C(O)c1ccccc1. The Balaban J connectivity index is 2.89. The van der Waals surface area contributed by atoms with E-state index in [0.717, 1.165) is 12.0 Å². The molecule has 78 valence electrons. The second kappa shape index (κ2) is 4.58. The van der Waals surface area contributed by atoms with Gasteiger partial charge in [-0.2, -0.15) is 0 Å². The van der Waals surface area contributed by atoms with E-state index in [-0.39, 0.29) is 6.61 Å². The van der Waals surface area contributed by atoms with Crippen LogP contribution in [-0.2, 0) is 0 Å². The molecule has 0 aromatic heterocycles. The van der Waals surface area contributed by atoms with E-state index in [1.165, 1.54) is 0 Å². The molecule has 0 amide bonds. The third-order valence-corrected chi connectivity index (χ3v) is 2.94. The Labute approximate surface area is 85.2 Å². The average Bonchev–Trinajstić information content (AvgIpc) is 2.28. The summed E-state index contributed by atoms with van der Waals surface area (Å²) < 4.78 is 0. The lowest BCUT2D eigenvalue weighted by atomic mass is 9.79. The summed E-state index contributed by atoms with van der Waals surface area (Å²) in [4.78, 5) is 0. The highest BCUT2D eigenvalue weighted by molar-refractivity contribution is 5.19. The molecule has 1 rings (SSSR count). The summed E-state index contributed by atoms with van der Waals surface area (Å²) in [6, 6.07) is 9.47. The zero-order valence-corrected chi connectivity index (χ0v) is 8.77. The van der Waals surface area contributed by atoms with E-state index >= 15 is 0 Å². The van der Waals surface area contributed by atoms with Crippen molar-refractivity contribution < 1.29 is 10.2 Å². The largest absolute Gasteiger partial charge is 0.396 e. The zero-order chi connectivity index (χ0) is 10.6. The van der Waals surface area contributed by atoms with Crippen LogP contribution in [0.4, 0.5) is 0 Å². The predicted octanol–water partition coefficient (Wildman–Crippen LogP) is 2.13. The molecule has 2 heteroatoms. The van der Waals surface area contributed by atoms with Crippen LogP contribution in [0.3, 0.4) is 0 Å². The van der Waals surface area contributed by atoms with Gasteiger partial charge in [0.2, 0.25) is 0 Å². The minimum absolute atomic E-state index is 0.000436. The average molecular weight is 194 g/mol. The van der Waals surface area contributed by atoms with Gasteiger partial charge in [0.25, 0.3) is 0 Å².